The second-order valence-electron chi connectivity index (χ2n) is 9.19. The van der Waals surface area contributed by atoms with Crippen molar-refractivity contribution in [1.82, 2.24) is 0 Å². The molecule has 0 saturated carbocycles. The first kappa shape index (κ1) is 18.0. The van der Waals surface area contributed by atoms with Crippen LogP contribution in [0.2, 0.25) is 0 Å². The van der Waals surface area contributed by atoms with E-state index < -0.39 is 0 Å². The Kier molecular flexibility index (Phi) is 3.90. The van der Waals surface area contributed by atoms with E-state index in [0.717, 1.165) is 12.8 Å². The van der Waals surface area contributed by atoms with Crippen LogP contribution in [0.5, 0.6) is 0 Å². The fourth-order valence-electron chi connectivity index (χ4n) is 6.31. The molecule has 0 amide bonds. The molecule has 1 atom stereocenters. The van der Waals surface area contributed by atoms with Crippen molar-refractivity contribution in [3.63, 3.8) is 0 Å². The van der Waals surface area contributed by atoms with Gasteiger partial charge < -0.3 is 0 Å². The minimum atomic E-state index is 0.451. The van der Waals surface area contributed by atoms with E-state index in [2.05, 4.69) is 109 Å². The van der Waals surface area contributed by atoms with Crippen molar-refractivity contribution in [3.8, 4) is 22.3 Å². The van der Waals surface area contributed by atoms with Crippen LogP contribution < -0.4 is 0 Å². The normalized spacial score (nSPS) is 15.9. The summed E-state index contributed by atoms with van der Waals surface area (Å²) in [4.78, 5) is 0. The van der Waals surface area contributed by atoms with Gasteiger partial charge in [-0.1, -0.05) is 109 Å². The Balaban J connectivity index is 1.33. The molecule has 2 aliphatic carbocycles. The Morgan fingerprint density at radius 1 is 0.406 bits per heavy atom. The highest BCUT2D eigenvalue weighted by molar-refractivity contribution is 5.96. The number of fused-ring (bicyclic) bond motifs is 8. The largest absolute Gasteiger partial charge is 0.0619 e. The molecular weight excluding hydrogens is 384 g/mol. The summed E-state index contributed by atoms with van der Waals surface area (Å²) in [7, 11) is 0. The van der Waals surface area contributed by atoms with Crippen molar-refractivity contribution in [2.24, 2.45) is 0 Å². The molecule has 0 fully saturated rings. The molecular formula is C32H24. The maximum atomic E-state index is 2.35. The van der Waals surface area contributed by atoms with Crippen LogP contribution in [0.3, 0.4) is 0 Å². The van der Waals surface area contributed by atoms with E-state index in [9.17, 15) is 0 Å². The van der Waals surface area contributed by atoms with E-state index in [4.69, 9.17) is 0 Å². The van der Waals surface area contributed by atoms with Gasteiger partial charge in [-0.2, -0.15) is 0 Å². The van der Waals surface area contributed by atoms with Crippen LogP contribution >= 0.6 is 0 Å². The number of benzene rings is 5. The molecule has 152 valence electrons. The Hall–Kier alpha value is -3.64. The van der Waals surface area contributed by atoms with E-state index in [1.165, 1.54) is 55.3 Å². The van der Waals surface area contributed by atoms with Gasteiger partial charge in [-0.3, -0.25) is 0 Å². The lowest BCUT2D eigenvalue weighted by Crippen LogP contribution is -2.03. The molecule has 1 unspecified atom stereocenters. The third-order valence-corrected chi connectivity index (χ3v) is 7.65. The molecule has 0 heteroatoms. The molecule has 0 saturated heterocycles. The minimum absolute atomic E-state index is 0.451. The molecule has 0 nitrogen and oxygen atoms in total. The predicted octanol–water partition coefficient (Wildman–Crippen LogP) is 8.54. The van der Waals surface area contributed by atoms with E-state index in [1.807, 2.05) is 0 Å². The topological polar surface area (TPSA) is 0 Å². The van der Waals surface area contributed by atoms with E-state index >= 15 is 0 Å². The van der Waals surface area contributed by atoms with Crippen molar-refractivity contribution in [2.75, 3.05) is 0 Å². The Morgan fingerprint density at radius 3 is 1.59 bits per heavy atom. The molecule has 5 aromatic carbocycles. The Labute approximate surface area is 189 Å². The average Bonchev–Trinajstić information content (AvgIpc) is 3.36. The fourth-order valence-corrected chi connectivity index (χ4v) is 6.31. The average molecular weight is 409 g/mol. The van der Waals surface area contributed by atoms with Crippen LogP contribution in [-0.2, 0) is 0 Å². The lowest BCUT2D eigenvalue weighted by molar-refractivity contribution is 0.628. The summed E-state index contributed by atoms with van der Waals surface area (Å²) in [5, 5.41) is 2.76. The second kappa shape index (κ2) is 6.93. The van der Waals surface area contributed by atoms with Gasteiger partial charge in [-0.15, -0.1) is 0 Å². The van der Waals surface area contributed by atoms with Crippen LogP contribution in [0, 0.1) is 0 Å². The standard InChI is InChI=1S/C32H24/c1-2-10-22-21(9-1)17-18-30-27-15-7-8-16-28(27)31(32(22)30)20-19-29-25-13-5-3-11-23(25)24-12-4-6-14-26(24)29/h1-18,29,31H,19-20H2. The Bertz CT molecular complexity index is 1440. The van der Waals surface area contributed by atoms with Crippen molar-refractivity contribution in [3.05, 3.63) is 131 Å². The highest BCUT2D eigenvalue weighted by Gasteiger charge is 2.33. The van der Waals surface area contributed by atoms with Crippen molar-refractivity contribution in [2.45, 2.75) is 24.7 Å². The van der Waals surface area contributed by atoms with Gasteiger partial charge in [0.05, 0.1) is 0 Å². The first-order valence-corrected chi connectivity index (χ1v) is 11.7. The van der Waals surface area contributed by atoms with Crippen LogP contribution in [-0.4, -0.2) is 0 Å². The predicted molar refractivity (Wildman–Crippen MR) is 134 cm³/mol. The van der Waals surface area contributed by atoms with Crippen LogP contribution in [0.1, 0.15) is 46.9 Å². The van der Waals surface area contributed by atoms with E-state index in [-0.39, 0.29) is 0 Å². The van der Waals surface area contributed by atoms with Crippen molar-refractivity contribution in [1.29, 1.82) is 0 Å². The molecule has 2 aliphatic rings. The highest BCUT2D eigenvalue weighted by atomic mass is 14.4. The van der Waals surface area contributed by atoms with Crippen LogP contribution in [0.15, 0.2) is 109 Å². The maximum Gasteiger partial charge on any atom is 0.0108 e. The number of rotatable bonds is 3. The van der Waals surface area contributed by atoms with E-state index in [0.29, 0.717) is 11.8 Å². The first-order valence-electron chi connectivity index (χ1n) is 11.7. The molecule has 32 heavy (non-hydrogen) atoms. The van der Waals surface area contributed by atoms with Gasteiger partial charge in [0.1, 0.15) is 0 Å². The molecule has 7 rings (SSSR count). The first-order chi connectivity index (χ1) is 15.9. The molecule has 0 aromatic heterocycles. The summed E-state index contributed by atoms with van der Waals surface area (Å²) in [5.41, 5.74) is 11.7. The third kappa shape index (κ3) is 2.50. The number of hydrogen-bond acceptors (Lipinski definition) is 0. The molecule has 0 N–H and O–H groups in total. The Morgan fingerprint density at radius 2 is 0.906 bits per heavy atom. The second-order valence-corrected chi connectivity index (χ2v) is 9.19. The minimum Gasteiger partial charge on any atom is -0.0619 e. The SMILES string of the molecule is c1ccc2c(c1)-c1ccccc1C2CCC1c2ccccc2-c2ccc3ccccc3c21. The summed E-state index contributed by atoms with van der Waals surface area (Å²) in [5.74, 6) is 0.931. The van der Waals surface area contributed by atoms with E-state index in [1.54, 1.807) is 0 Å². The van der Waals surface area contributed by atoms with Gasteiger partial charge in [0, 0.05) is 11.8 Å². The van der Waals surface area contributed by atoms with Gasteiger partial charge in [-0.05, 0) is 68.1 Å². The van der Waals surface area contributed by atoms with Crippen molar-refractivity contribution >= 4 is 10.8 Å². The van der Waals surface area contributed by atoms with Crippen molar-refractivity contribution < 1.29 is 0 Å². The maximum absolute atomic E-state index is 2.35. The zero-order valence-electron chi connectivity index (χ0n) is 18.0. The molecule has 0 aliphatic heterocycles. The summed E-state index contributed by atoms with van der Waals surface area (Å²) in [6.07, 6.45) is 2.32. The summed E-state index contributed by atoms with van der Waals surface area (Å²) < 4.78 is 0. The van der Waals surface area contributed by atoms with Gasteiger partial charge in [0.15, 0.2) is 0 Å². The van der Waals surface area contributed by atoms with Gasteiger partial charge in [0.2, 0.25) is 0 Å². The quantitative estimate of drug-likeness (QED) is 0.280. The molecule has 0 heterocycles. The number of hydrogen-bond donors (Lipinski definition) is 0. The smallest absolute Gasteiger partial charge is 0.0108 e. The molecule has 5 aromatic rings. The summed E-state index contributed by atoms with van der Waals surface area (Å²) >= 11 is 0. The lowest BCUT2D eigenvalue weighted by Gasteiger charge is -2.20. The molecule has 0 spiro atoms. The summed E-state index contributed by atoms with van der Waals surface area (Å²) in [6, 6.07) is 40.6. The summed E-state index contributed by atoms with van der Waals surface area (Å²) in [6.45, 7) is 0. The monoisotopic (exact) mass is 408 g/mol. The van der Waals surface area contributed by atoms with Crippen LogP contribution in [0.4, 0.5) is 0 Å². The zero-order chi connectivity index (χ0) is 21.1. The van der Waals surface area contributed by atoms with Gasteiger partial charge in [-0.25, -0.2) is 0 Å². The zero-order valence-corrected chi connectivity index (χ0v) is 18.0. The molecule has 0 bridgehead atoms. The van der Waals surface area contributed by atoms with Crippen LogP contribution in [0.25, 0.3) is 33.0 Å². The lowest BCUT2D eigenvalue weighted by atomic mass is 9.84. The molecule has 0 radical (unpaired) electrons. The van der Waals surface area contributed by atoms with Gasteiger partial charge >= 0.3 is 0 Å². The van der Waals surface area contributed by atoms with Gasteiger partial charge in [0.25, 0.3) is 0 Å². The third-order valence-electron chi connectivity index (χ3n) is 7.65. The highest BCUT2D eigenvalue weighted by Crippen LogP contribution is 2.52. The fraction of sp³-hybridized carbons (Fsp3) is 0.125.